The van der Waals surface area contributed by atoms with E-state index in [1.54, 1.807) is 18.2 Å². The summed E-state index contributed by atoms with van der Waals surface area (Å²) in [4.78, 5) is 4.82. The first-order valence-corrected chi connectivity index (χ1v) is 12.0. The van der Waals surface area contributed by atoms with Crippen LogP contribution in [0, 0.1) is 20.8 Å². The Morgan fingerprint density at radius 1 is 0.968 bits per heavy atom. The molecule has 5 aromatic rings. The minimum Gasteiger partial charge on any atom is -0.339 e. The van der Waals surface area contributed by atoms with Gasteiger partial charge >= 0.3 is 0 Å². The van der Waals surface area contributed by atoms with Crippen LogP contribution in [0.4, 0.5) is 11.5 Å². The van der Waals surface area contributed by atoms with E-state index in [-0.39, 0.29) is 15.6 Å². The third kappa shape index (κ3) is 3.26. The van der Waals surface area contributed by atoms with Gasteiger partial charge in [-0.2, -0.15) is 4.52 Å². The zero-order valence-corrected chi connectivity index (χ0v) is 18.8. The molecule has 0 atom stereocenters. The Balaban J connectivity index is 1.70. The SMILES string of the molecule is Cc1ccc(Nc2nc3c(S(=O)(=O)c4ccc(C)c(C)c4)nnn3c3ccsc23)cc1. The summed E-state index contributed by atoms with van der Waals surface area (Å²) in [6.45, 7) is 5.85. The fraction of sp³-hybridized carbons (Fsp3) is 0.136. The number of sulfone groups is 1. The normalized spacial score (nSPS) is 12.0. The number of thiophene rings is 1. The smallest absolute Gasteiger partial charge is 0.229 e. The average molecular weight is 450 g/mol. The number of benzene rings is 2. The van der Waals surface area contributed by atoms with Crippen molar-refractivity contribution in [2.75, 3.05) is 5.32 Å². The maximum atomic E-state index is 13.4. The van der Waals surface area contributed by atoms with Gasteiger partial charge in [0.2, 0.25) is 14.9 Å². The topological polar surface area (TPSA) is 89.2 Å². The molecule has 0 aliphatic carbocycles. The molecule has 9 heteroatoms. The Bertz CT molecular complexity index is 1550. The lowest BCUT2D eigenvalue weighted by Crippen LogP contribution is -2.06. The Labute approximate surface area is 183 Å². The lowest BCUT2D eigenvalue weighted by Gasteiger charge is -2.09. The van der Waals surface area contributed by atoms with Crippen LogP contribution in [-0.4, -0.2) is 28.2 Å². The van der Waals surface area contributed by atoms with E-state index in [4.69, 9.17) is 0 Å². The van der Waals surface area contributed by atoms with Crippen LogP contribution in [0.15, 0.2) is 63.8 Å². The monoisotopic (exact) mass is 449 g/mol. The molecule has 0 bridgehead atoms. The Morgan fingerprint density at radius 3 is 2.48 bits per heavy atom. The van der Waals surface area contributed by atoms with Gasteiger partial charge in [0.15, 0.2) is 11.5 Å². The van der Waals surface area contributed by atoms with Crippen molar-refractivity contribution in [1.82, 2.24) is 19.8 Å². The molecule has 0 saturated heterocycles. The molecule has 1 N–H and O–H groups in total. The molecule has 7 nitrogen and oxygen atoms in total. The summed E-state index contributed by atoms with van der Waals surface area (Å²) in [5.74, 6) is 0.570. The molecule has 2 aromatic carbocycles. The second kappa shape index (κ2) is 7.14. The zero-order valence-electron chi connectivity index (χ0n) is 17.1. The number of hydrogen-bond donors (Lipinski definition) is 1. The van der Waals surface area contributed by atoms with E-state index in [2.05, 4.69) is 20.6 Å². The van der Waals surface area contributed by atoms with Gasteiger partial charge in [-0.3, -0.25) is 0 Å². The van der Waals surface area contributed by atoms with E-state index in [0.717, 1.165) is 32.6 Å². The van der Waals surface area contributed by atoms with Crippen molar-refractivity contribution < 1.29 is 8.42 Å². The summed E-state index contributed by atoms with van der Waals surface area (Å²) in [6, 6.07) is 14.9. The van der Waals surface area contributed by atoms with E-state index in [1.807, 2.05) is 56.5 Å². The molecule has 156 valence electrons. The summed E-state index contributed by atoms with van der Waals surface area (Å²) < 4.78 is 29.1. The van der Waals surface area contributed by atoms with Gasteiger partial charge in [0.1, 0.15) is 0 Å². The lowest BCUT2D eigenvalue weighted by molar-refractivity contribution is 0.592. The molecule has 3 heterocycles. The first-order valence-electron chi connectivity index (χ1n) is 9.63. The number of anilines is 2. The number of fused-ring (bicyclic) bond motifs is 3. The van der Waals surface area contributed by atoms with Gasteiger partial charge in [-0.15, -0.1) is 16.4 Å². The van der Waals surface area contributed by atoms with Gasteiger partial charge in [-0.1, -0.05) is 29.0 Å². The van der Waals surface area contributed by atoms with Crippen LogP contribution in [0.1, 0.15) is 16.7 Å². The minimum absolute atomic E-state index is 0.157. The van der Waals surface area contributed by atoms with Crippen LogP contribution < -0.4 is 5.32 Å². The highest BCUT2D eigenvalue weighted by Gasteiger charge is 2.27. The van der Waals surface area contributed by atoms with Gasteiger partial charge in [0.05, 0.1) is 15.1 Å². The van der Waals surface area contributed by atoms with E-state index < -0.39 is 9.84 Å². The Kier molecular flexibility index (Phi) is 4.53. The van der Waals surface area contributed by atoms with E-state index in [1.165, 1.54) is 15.9 Å². The number of nitrogens with one attached hydrogen (secondary N) is 1. The highest BCUT2D eigenvalue weighted by molar-refractivity contribution is 7.91. The third-order valence-corrected chi connectivity index (χ3v) is 7.84. The number of rotatable bonds is 4. The maximum Gasteiger partial charge on any atom is 0.229 e. The Morgan fingerprint density at radius 2 is 1.74 bits per heavy atom. The fourth-order valence-corrected chi connectivity index (χ4v) is 5.48. The van der Waals surface area contributed by atoms with Crippen molar-refractivity contribution in [3.8, 4) is 0 Å². The van der Waals surface area contributed by atoms with Crippen LogP contribution in [0.3, 0.4) is 0 Å². The third-order valence-electron chi connectivity index (χ3n) is 5.28. The standard InChI is InChI=1S/C22H19N5O2S2/c1-13-4-7-16(8-5-13)23-20-19-18(10-11-30-19)27-21(24-20)22(25-26-27)31(28,29)17-9-6-14(2)15(3)12-17/h4-12H,1-3H3,(H,23,24). The highest BCUT2D eigenvalue weighted by atomic mass is 32.2. The van der Waals surface area contributed by atoms with E-state index >= 15 is 0 Å². The van der Waals surface area contributed by atoms with Crippen molar-refractivity contribution in [3.05, 3.63) is 70.6 Å². The predicted molar refractivity (Wildman–Crippen MR) is 122 cm³/mol. The number of nitrogens with zero attached hydrogens (tertiary/aromatic N) is 4. The van der Waals surface area contributed by atoms with Gasteiger partial charge in [-0.05, 0) is 67.6 Å². The first kappa shape index (κ1) is 19.7. The average Bonchev–Trinajstić information content (AvgIpc) is 3.39. The van der Waals surface area contributed by atoms with Crippen LogP contribution in [-0.2, 0) is 9.84 Å². The van der Waals surface area contributed by atoms with Crippen LogP contribution in [0.2, 0.25) is 0 Å². The fourth-order valence-electron chi connectivity index (χ4n) is 3.35. The van der Waals surface area contributed by atoms with Crippen molar-refractivity contribution >= 4 is 48.5 Å². The second-order valence-corrected chi connectivity index (χ2v) is 10.2. The summed E-state index contributed by atoms with van der Waals surface area (Å²) in [5.41, 5.74) is 4.87. The van der Waals surface area contributed by atoms with Crippen molar-refractivity contribution in [2.45, 2.75) is 30.7 Å². The second-order valence-electron chi connectivity index (χ2n) is 7.47. The number of aryl methyl sites for hydroxylation is 3. The van der Waals surface area contributed by atoms with Gasteiger partial charge in [0, 0.05) is 5.69 Å². The molecule has 0 unspecified atom stereocenters. The molecule has 3 aromatic heterocycles. The molecule has 0 saturated carbocycles. The lowest BCUT2D eigenvalue weighted by atomic mass is 10.1. The molecule has 5 rings (SSSR count). The maximum absolute atomic E-state index is 13.4. The van der Waals surface area contributed by atoms with Crippen molar-refractivity contribution in [2.24, 2.45) is 0 Å². The number of aromatic nitrogens is 4. The predicted octanol–water partition coefficient (Wildman–Crippen LogP) is 4.84. The molecule has 0 aliphatic rings. The molecule has 0 aliphatic heterocycles. The quantitative estimate of drug-likeness (QED) is 0.422. The minimum atomic E-state index is -3.89. The van der Waals surface area contributed by atoms with Gasteiger partial charge < -0.3 is 5.32 Å². The largest absolute Gasteiger partial charge is 0.339 e. The number of hydrogen-bond acceptors (Lipinski definition) is 7. The summed E-state index contributed by atoms with van der Waals surface area (Å²) >= 11 is 1.50. The van der Waals surface area contributed by atoms with Crippen molar-refractivity contribution in [3.63, 3.8) is 0 Å². The van der Waals surface area contributed by atoms with E-state index in [0.29, 0.717) is 5.82 Å². The summed E-state index contributed by atoms with van der Waals surface area (Å²) in [5, 5.41) is 13.2. The Hall–Kier alpha value is -3.30. The van der Waals surface area contributed by atoms with Gasteiger partial charge in [-0.25, -0.2) is 13.4 Å². The molecule has 31 heavy (non-hydrogen) atoms. The molecule has 0 spiro atoms. The molecule has 0 radical (unpaired) electrons. The highest BCUT2D eigenvalue weighted by Crippen LogP contribution is 2.33. The van der Waals surface area contributed by atoms with Crippen molar-refractivity contribution in [1.29, 1.82) is 0 Å². The van der Waals surface area contributed by atoms with Gasteiger partial charge in [0.25, 0.3) is 0 Å². The first-order chi connectivity index (χ1) is 14.8. The molecular weight excluding hydrogens is 430 g/mol. The summed E-state index contributed by atoms with van der Waals surface area (Å²) in [6.07, 6.45) is 0. The molecule has 0 amide bonds. The van der Waals surface area contributed by atoms with E-state index in [9.17, 15) is 8.42 Å². The molecule has 0 fully saturated rings. The van der Waals surface area contributed by atoms with Crippen LogP contribution in [0.5, 0.6) is 0 Å². The van der Waals surface area contributed by atoms with Crippen LogP contribution in [0.25, 0.3) is 15.9 Å². The zero-order chi connectivity index (χ0) is 21.8. The molecular formula is C22H19N5O2S2. The van der Waals surface area contributed by atoms with Crippen LogP contribution >= 0.6 is 11.3 Å². The summed E-state index contributed by atoms with van der Waals surface area (Å²) in [7, 11) is -3.89.